The largest absolute Gasteiger partial charge is 0.380 e. The van der Waals surface area contributed by atoms with Gasteiger partial charge in [-0.25, -0.2) is 0 Å². The Hall–Kier alpha value is -0.570. The van der Waals surface area contributed by atoms with Crippen molar-refractivity contribution in [3.8, 4) is 0 Å². The van der Waals surface area contributed by atoms with E-state index in [4.69, 9.17) is 4.74 Å². The molecule has 1 atom stereocenters. The zero-order chi connectivity index (χ0) is 7.56. The van der Waals surface area contributed by atoms with Crippen LogP contribution in [0.1, 0.15) is 12.8 Å². The molecule has 0 aromatic rings. The van der Waals surface area contributed by atoms with E-state index in [1.54, 1.807) is 12.0 Å². The molecule has 1 heterocycles. The number of nitrogens with zero attached hydrogens (tertiary/aromatic N) is 1. The van der Waals surface area contributed by atoms with Gasteiger partial charge in [0, 0.05) is 27.1 Å². The van der Waals surface area contributed by atoms with Crippen molar-refractivity contribution in [3.63, 3.8) is 0 Å². The zero-order valence-electron chi connectivity index (χ0n) is 6.46. The Labute approximate surface area is 61.0 Å². The molecule has 0 bridgehead atoms. The molecule has 0 aromatic heterocycles. The van der Waals surface area contributed by atoms with Gasteiger partial charge in [-0.05, 0) is 6.42 Å². The fourth-order valence-corrected chi connectivity index (χ4v) is 1.17. The van der Waals surface area contributed by atoms with Crippen LogP contribution in [0.2, 0.25) is 0 Å². The van der Waals surface area contributed by atoms with Crippen molar-refractivity contribution < 1.29 is 9.53 Å². The van der Waals surface area contributed by atoms with Gasteiger partial charge in [0.2, 0.25) is 5.91 Å². The van der Waals surface area contributed by atoms with Crippen LogP contribution in [0.25, 0.3) is 0 Å². The van der Waals surface area contributed by atoms with Gasteiger partial charge >= 0.3 is 0 Å². The SMILES string of the molecule is COC1CCC(=O)N(C)C1. The van der Waals surface area contributed by atoms with Gasteiger partial charge in [-0.3, -0.25) is 4.79 Å². The lowest BCUT2D eigenvalue weighted by molar-refractivity contribution is -0.135. The Balaban J connectivity index is 2.40. The molecule has 0 saturated carbocycles. The Morgan fingerprint density at radius 2 is 2.40 bits per heavy atom. The fraction of sp³-hybridized carbons (Fsp3) is 0.857. The van der Waals surface area contributed by atoms with Gasteiger partial charge in [0.15, 0.2) is 0 Å². The quantitative estimate of drug-likeness (QED) is 0.526. The Kier molecular flexibility index (Phi) is 2.27. The highest BCUT2D eigenvalue weighted by Crippen LogP contribution is 2.11. The number of amides is 1. The molecular weight excluding hydrogens is 130 g/mol. The molecule has 0 aliphatic carbocycles. The van der Waals surface area contributed by atoms with E-state index in [0.717, 1.165) is 13.0 Å². The van der Waals surface area contributed by atoms with Gasteiger partial charge in [0.1, 0.15) is 0 Å². The molecular formula is C7H13NO2. The Morgan fingerprint density at radius 3 is 2.90 bits per heavy atom. The van der Waals surface area contributed by atoms with E-state index < -0.39 is 0 Å². The van der Waals surface area contributed by atoms with Crippen LogP contribution in [0.15, 0.2) is 0 Å². The molecule has 0 N–H and O–H groups in total. The van der Waals surface area contributed by atoms with Crippen molar-refractivity contribution >= 4 is 5.91 Å². The summed E-state index contributed by atoms with van der Waals surface area (Å²) in [5.74, 6) is 0.230. The number of likely N-dealkylation sites (tertiary alicyclic amines) is 1. The molecule has 1 fully saturated rings. The summed E-state index contributed by atoms with van der Waals surface area (Å²) in [6, 6.07) is 0. The maximum atomic E-state index is 10.9. The summed E-state index contributed by atoms with van der Waals surface area (Å²) >= 11 is 0. The van der Waals surface area contributed by atoms with Gasteiger partial charge in [-0.1, -0.05) is 0 Å². The second-order valence-electron chi connectivity index (χ2n) is 2.67. The van der Waals surface area contributed by atoms with E-state index in [1.165, 1.54) is 0 Å². The molecule has 0 radical (unpaired) electrons. The van der Waals surface area contributed by atoms with Crippen LogP contribution < -0.4 is 0 Å². The number of likely N-dealkylation sites (N-methyl/N-ethyl adjacent to an activating group) is 1. The first kappa shape index (κ1) is 7.54. The highest BCUT2D eigenvalue weighted by atomic mass is 16.5. The van der Waals surface area contributed by atoms with Gasteiger partial charge in [-0.15, -0.1) is 0 Å². The van der Waals surface area contributed by atoms with Crippen LogP contribution in [0.5, 0.6) is 0 Å². The molecule has 1 saturated heterocycles. The number of hydrogen-bond donors (Lipinski definition) is 0. The lowest BCUT2D eigenvalue weighted by Gasteiger charge is -2.28. The molecule has 0 aromatic carbocycles. The summed E-state index contributed by atoms with van der Waals surface area (Å²) in [5.41, 5.74) is 0. The van der Waals surface area contributed by atoms with E-state index in [-0.39, 0.29) is 12.0 Å². The molecule has 1 amide bonds. The van der Waals surface area contributed by atoms with Crippen LogP contribution in [0.3, 0.4) is 0 Å². The number of methoxy groups -OCH3 is 1. The fourth-order valence-electron chi connectivity index (χ4n) is 1.17. The van der Waals surface area contributed by atoms with Crippen LogP contribution in [-0.2, 0) is 9.53 Å². The molecule has 3 heteroatoms. The second kappa shape index (κ2) is 3.01. The van der Waals surface area contributed by atoms with E-state index in [0.29, 0.717) is 6.42 Å². The third-order valence-corrected chi connectivity index (χ3v) is 1.92. The Morgan fingerprint density at radius 1 is 1.70 bits per heavy atom. The topological polar surface area (TPSA) is 29.5 Å². The van der Waals surface area contributed by atoms with E-state index in [1.807, 2.05) is 7.05 Å². The van der Waals surface area contributed by atoms with Crippen molar-refractivity contribution in [2.45, 2.75) is 18.9 Å². The minimum absolute atomic E-state index is 0.230. The molecule has 58 valence electrons. The minimum Gasteiger partial charge on any atom is -0.380 e. The summed E-state index contributed by atoms with van der Waals surface area (Å²) in [5, 5.41) is 0. The number of carbonyl (C=O) groups is 1. The van der Waals surface area contributed by atoms with Crippen LogP contribution >= 0.6 is 0 Å². The highest BCUT2D eigenvalue weighted by molar-refractivity contribution is 5.76. The monoisotopic (exact) mass is 143 g/mol. The number of carbonyl (C=O) groups excluding carboxylic acids is 1. The van der Waals surface area contributed by atoms with E-state index in [2.05, 4.69) is 0 Å². The van der Waals surface area contributed by atoms with Crippen molar-refractivity contribution in [3.05, 3.63) is 0 Å². The van der Waals surface area contributed by atoms with Crippen LogP contribution in [0.4, 0.5) is 0 Å². The third-order valence-electron chi connectivity index (χ3n) is 1.92. The summed E-state index contributed by atoms with van der Waals surface area (Å²) in [6.07, 6.45) is 1.76. The standard InChI is InChI=1S/C7H13NO2/c1-8-5-6(10-2)3-4-7(8)9/h6H,3-5H2,1-2H3. The van der Waals surface area contributed by atoms with Crippen molar-refractivity contribution in [2.75, 3.05) is 20.7 Å². The maximum absolute atomic E-state index is 10.9. The maximum Gasteiger partial charge on any atom is 0.222 e. The lowest BCUT2D eigenvalue weighted by atomic mass is 10.1. The average molecular weight is 143 g/mol. The van der Waals surface area contributed by atoms with Gasteiger partial charge in [0.05, 0.1) is 6.10 Å². The molecule has 1 aliphatic rings. The third kappa shape index (κ3) is 1.48. The normalized spacial score (nSPS) is 27.2. The first-order chi connectivity index (χ1) is 4.74. The number of piperidine rings is 1. The van der Waals surface area contributed by atoms with Crippen molar-refractivity contribution in [2.24, 2.45) is 0 Å². The number of hydrogen-bond acceptors (Lipinski definition) is 2. The van der Waals surface area contributed by atoms with E-state index in [9.17, 15) is 4.79 Å². The van der Waals surface area contributed by atoms with Crippen molar-refractivity contribution in [1.29, 1.82) is 0 Å². The molecule has 0 spiro atoms. The van der Waals surface area contributed by atoms with Crippen LogP contribution in [0, 0.1) is 0 Å². The minimum atomic E-state index is 0.230. The summed E-state index contributed by atoms with van der Waals surface area (Å²) in [4.78, 5) is 12.6. The predicted octanol–water partition coefficient (Wildman–Crippen LogP) is 0.254. The molecule has 10 heavy (non-hydrogen) atoms. The predicted molar refractivity (Wildman–Crippen MR) is 37.7 cm³/mol. The van der Waals surface area contributed by atoms with E-state index >= 15 is 0 Å². The molecule has 1 unspecified atom stereocenters. The Bertz CT molecular complexity index is 136. The number of ether oxygens (including phenoxy) is 1. The first-order valence-electron chi connectivity index (χ1n) is 3.51. The lowest BCUT2D eigenvalue weighted by Crippen LogP contribution is -2.40. The molecule has 1 rings (SSSR count). The summed E-state index contributed by atoms with van der Waals surface area (Å²) < 4.78 is 5.12. The first-order valence-corrected chi connectivity index (χ1v) is 3.51. The average Bonchev–Trinajstić information content (AvgIpc) is 1.95. The highest BCUT2D eigenvalue weighted by Gasteiger charge is 2.21. The van der Waals surface area contributed by atoms with Gasteiger partial charge in [-0.2, -0.15) is 0 Å². The van der Waals surface area contributed by atoms with Crippen molar-refractivity contribution in [1.82, 2.24) is 4.90 Å². The zero-order valence-corrected chi connectivity index (χ0v) is 6.46. The number of rotatable bonds is 1. The van der Waals surface area contributed by atoms with Gasteiger partial charge < -0.3 is 9.64 Å². The summed E-state index contributed by atoms with van der Waals surface area (Å²) in [7, 11) is 3.50. The molecule has 1 aliphatic heterocycles. The molecule has 3 nitrogen and oxygen atoms in total. The smallest absolute Gasteiger partial charge is 0.222 e. The summed E-state index contributed by atoms with van der Waals surface area (Å²) in [6.45, 7) is 0.745. The second-order valence-corrected chi connectivity index (χ2v) is 2.67. The van der Waals surface area contributed by atoms with Gasteiger partial charge in [0.25, 0.3) is 0 Å². The van der Waals surface area contributed by atoms with Crippen LogP contribution in [-0.4, -0.2) is 37.6 Å².